The Morgan fingerprint density at radius 1 is 1.39 bits per heavy atom. The second-order valence-corrected chi connectivity index (χ2v) is 4.88. The first kappa shape index (κ1) is 14.1. The first-order chi connectivity index (χ1) is 8.19. The summed E-state index contributed by atoms with van der Waals surface area (Å²) in [6.45, 7) is 6.94. The average molecular weight is 255 g/mol. The van der Waals surface area contributed by atoms with Gasteiger partial charge < -0.3 is 19.6 Å². The van der Waals surface area contributed by atoms with Crippen molar-refractivity contribution in [1.82, 2.24) is 5.32 Å². The molecule has 1 heterocycles. The summed E-state index contributed by atoms with van der Waals surface area (Å²) in [5.41, 5.74) is -0.584. The Morgan fingerprint density at radius 3 is 2.44 bits per heavy atom. The lowest BCUT2D eigenvalue weighted by molar-refractivity contribution is 0.0502. The van der Waals surface area contributed by atoms with Crippen LogP contribution in [0.2, 0.25) is 0 Å². The minimum absolute atomic E-state index is 0.164. The van der Waals surface area contributed by atoms with Gasteiger partial charge in [-0.3, -0.25) is 0 Å². The van der Waals surface area contributed by atoms with Gasteiger partial charge in [0, 0.05) is 0 Å². The molecule has 0 aromatic carbocycles. The highest BCUT2D eigenvalue weighted by Crippen LogP contribution is 2.17. The van der Waals surface area contributed by atoms with E-state index >= 15 is 0 Å². The van der Waals surface area contributed by atoms with Gasteiger partial charge in [-0.1, -0.05) is 0 Å². The van der Waals surface area contributed by atoms with E-state index in [1.165, 1.54) is 12.1 Å². The summed E-state index contributed by atoms with van der Waals surface area (Å²) in [5, 5.41) is 11.3. The van der Waals surface area contributed by atoms with E-state index in [9.17, 15) is 9.59 Å². The molecule has 0 unspecified atom stereocenters. The van der Waals surface area contributed by atoms with E-state index in [0.29, 0.717) is 5.76 Å². The summed E-state index contributed by atoms with van der Waals surface area (Å²) in [6, 6.07) is 2.38. The number of furan rings is 1. The molecule has 0 fully saturated rings. The molecule has 18 heavy (non-hydrogen) atoms. The zero-order valence-electron chi connectivity index (χ0n) is 10.8. The van der Waals surface area contributed by atoms with Gasteiger partial charge in [0.2, 0.25) is 5.76 Å². The number of aromatic carboxylic acids is 1. The normalized spacial score (nSPS) is 12.9. The maximum Gasteiger partial charge on any atom is 0.408 e. The number of hydrogen-bond donors (Lipinski definition) is 2. The standard InChI is InChI=1S/C12H17NO5/c1-7(13-11(16)18-12(2,3)4)8-5-6-9(17-8)10(14)15/h5-7H,1-4H3,(H,13,16)(H,14,15)/t7-/m1/s1. The predicted molar refractivity (Wildman–Crippen MR) is 63.5 cm³/mol. The lowest BCUT2D eigenvalue weighted by Gasteiger charge is -2.21. The van der Waals surface area contributed by atoms with Gasteiger partial charge in [-0.15, -0.1) is 0 Å². The SMILES string of the molecule is C[C@@H](NC(=O)OC(C)(C)C)c1ccc(C(=O)O)o1. The molecule has 2 N–H and O–H groups in total. The molecule has 0 saturated heterocycles. The molecule has 0 spiro atoms. The van der Waals surface area contributed by atoms with Crippen molar-refractivity contribution in [3.8, 4) is 0 Å². The number of carboxylic acid groups (broad SMARTS) is 1. The van der Waals surface area contributed by atoms with Crippen molar-refractivity contribution in [3.63, 3.8) is 0 Å². The van der Waals surface area contributed by atoms with Crippen molar-refractivity contribution in [3.05, 3.63) is 23.7 Å². The highest BCUT2D eigenvalue weighted by molar-refractivity contribution is 5.84. The van der Waals surface area contributed by atoms with Gasteiger partial charge in [-0.25, -0.2) is 9.59 Å². The van der Waals surface area contributed by atoms with E-state index in [1.807, 2.05) is 0 Å². The molecule has 0 radical (unpaired) electrons. The lowest BCUT2D eigenvalue weighted by Crippen LogP contribution is -2.33. The topological polar surface area (TPSA) is 88.8 Å². The summed E-state index contributed by atoms with van der Waals surface area (Å²) < 4.78 is 10.1. The highest BCUT2D eigenvalue weighted by atomic mass is 16.6. The number of carbonyl (C=O) groups is 2. The number of ether oxygens (including phenoxy) is 1. The van der Waals surface area contributed by atoms with Crippen molar-refractivity contribution in [1.29, 1.82) is 0 Å². The third-order valence-electron chi connectivity index (χ3n) is 2.00. The van der Waals surface area contributed by atoms with Gasteiger partial charge in [-0.2, -0.15) is 0 Å². The van der Waals surface area contributed by atoms with Gasteiger partial charge in [-0.05, 0) is 39.8 Å². The van der Waals surface area contributed by atoms with Crippen LogP contribution in [0.4, 0.5) is 4.79 Å². The molecule has 1 rings (SSSR count). The van der Waals surface area contributed by atoms with Gasteiger partial charge in [0.15, 0.2) is 0 Å². The molecule has 0 bridgehead atoms. The molecule has 6 heteroatoms. The Hall–Kier alpha value is -1.98. The van der Waals surface area contributed by atoms with Crippen LogP contribution in [-0.2, 0) is 4.74 Å². The Morgan fingerprint density at radius 2 is 2.00 bits per heavy atom. The van der Waals surface area contributed by atoms with Gasteiger partial charge in [0.05, 0.1) is 6.04 Å². The highest BCUT2D eigenvalue weighted by Gasteiger charge is 2.20. The quantitative estimate of drug-likeness (QED) is 0.866. The second-order valence-electron chi connectivity index (χ2n) is 4.88. The smallest absolute Gasteiger partial charge is 0.408 e. The Labute approximate surface area is 105 Å². The van der Waals surface area contributed by atoms with Crippen molar-refractivity contribution in [2.24, 2.45) is 0 Å². The third kappa shape index (κ3) is 4.12. The number of hydrogen-bond acceptors (Lipinski definition) is 4. The van der Waals surface area contributed by atoms with E-state index in [-0.39, 0.29) is 5.76 Å². The lowest BCUT2D eigenvalue weighted by atomic mass is 10.2. The summed E-state index contributed by atoms with van der Waals surface area (Å²) >= 11 is 0. The summed E-state index contributed by atoms with van der Waals surface area (Å²) in [5.74, 6) is -0.952. The van der Waals surface area contributed by atoms with Crippen LogP contribution in [0, 0.1) is 0 Å². The molecular formula is C12H17NO5. The Balaban J connectivity index is 2.62. The molecular weight excluding hydrogens is 238 g/mol. The largest absolute Gasteiger partial charge is 0.475 e. The first-order valence-electron chi connectivity index (χ1n) is 5.51. The van der Waals surface area contributed by atoms with Crippen LogP contribution in [0.5, 0.6) is 0 Å². The molecule has 1 amide bonds. The van der Waals surface area contributed by atoms with Gasteiger partial charge in [0.25, 0.3) is 0 Å². The average Bonchev–Trinajstić information content (AvgIpc) is 2.62. The van der Waals surface area contributed by atoms with Gasteiger partial charge >= 0.3 is 12.1 Å². The summed E-state index contributed by atoms with van der Waals surface area (Å²) in [7, 11) is 0. The van der Waals surface area contributed by atoms with Crippen molar-refractivity contribution < 1.29 is 23.8 Å². The van der Waals surface area contributed by atoms with Crippen LogP contribution >= 0.6 is 0 Å². The molecule has 0 aliphatic carbocycles. The molecule has 0 aliphatic rings. The number of nitrogens with one attached hydrogen (secondary N) is 1. The van der Waals surface area contributed by atoms with Gasteiger partial charge in [0.1, 0.15) is 11.4 Å². The monoisotopic (exact) mass is 255 g/mol. The van der Waals surface area contributed by atoms with E-state index < -0.39 is 23.7 Å². The fraction of sp³-hybridized carbons (Fsp3) is 0.500. The molecule has 6 nitrogen and oxygen atoms in total. The maximum absolute atomic E-state index is 11.5. The zero-order valence-corrected chi connectivity index (χ0v) is 10.8. The van der Waals surface area contributed by atoms with Crippen LogP contribution in [0.25, 0.3) is 0 Å². The van der Waals surface area contributed by atoms with Crippen LogP contribution in [0.1, 0.15) is 50.1 Å². The van der Waals surface area contributed by atoms with Crippen LogP contribution in [0.3, 0.4) is 0 Å². The number of rotatable bonds is 3. The first-order valence-corrected chi connectivity index (χ1v) is 5.51. The molecule has 0 aliphatic heterocycles. The number of amides is 1. The van der Waals surface area contributed by atoms with E-state index in [2.05, 4.69) is 5.32 Å². The molecule has 1 aromatic rings. The molecule has 0 saturated carbocycles. The van der Waals surface area contributed by atoms with Crippen molar-refractivity contribution in [2.75, 3.05) is 0 Å². The predicted octanol–water partition coefficient (Wildman–Crippen LogP) is 2.56. The fourth-order valence-electron chi connectivity index (χ4n) is 1.26. The minimum Gasteiger partial charge on any atom is -0.475 e. The molecule has 1 atom stereocenters. The van der Waals surface area contributed by atoms with Crippen LogP contribution < -0.4 is 5.32 Å². The van der Waals surface area contributed by atoms with E-state index in [1.54, 1.807) is 27.7 Å². The number of carboxylic acids is 1. The van der Waals surface area contributed by atoms with E-state index in [0.717, 1.165) is 0 Å². The second kappa shape index (κ2) is 5.12. The van der Waals surface area contributed by atoms with Crippen molar-refractivity contribution >= 4 is 12.1 Å². The molecule has 1 aromatic heterocycles. The minimum atomic E-state index is -1.15. The third-order valence-corrected chi connectivity index (χ3v) is 2.00. The maximum atomic E-state index is 11.5. The summed E-state index contributed by atoms with van der Waals surface area (Å²) in [6.07, 6.45) is -0.580. The van der Waals surface area contributed by atoms with Crippen LogP contribution in [0.15, 0.2) is 16.5 Å². The number of carbonyl (C=O) groups excluding carboxylic acids is 1. The fourth-order valence-corrected chi connectivity index (χ4v) is 1.26. The Kier molecular flexibility index (Phi) is 4.00. The number of alkyl carbamates (subject to hydrolysis) is 1. The zero-order chi connectivity index (χ0) is 13.9. The summed E-state index contributed by atoms with van der Waals surface area (Å²) in [4.78, 5) is 22.1. The van der Waals surface area contributed by atoms with Crippen molar-refractivity contribution in [2.45, 2.75) is 39.3 Å². The Bertz CT molecular complexity index is 444. The van der Waals surface area contributed by atoms with E-state index in [4.69, 9.17) is 14.3 Å². The van der Waals surface area contributed by atoms with Crippen LogP contribution in [-0.4, -0.2) is 22.8 Å². The molecule has 100 valence electrons.